The summed E-state index contributed by atoms with van der Waals surface area (Å²) in [7, 11) is 0. The van der Waals surface area contributed by atoms with Crippen LogP contribution in [0.15, 0.2) is 63.8 Å². The van der Waals surface area contributed by atoms with Crippen LogP contribution in [0.25, 0.3) is 27.3 Å². The van der Waals surface area contributed by atoms with Crippen molar-refractivity contribution in [2.75, 3.05) is 0 Å². The minimum absolute atomic E-state index is 0.322. The van der Waals surface area contributed by atoms with Gasteiger partial charge in [-0.15, -0.1) is 11.3 Å². The molecule has 28 heavy (non-hydrogen) atoms. The third kappa shape index (κ3) is 3.87. The van der Waals surface area contributed by atoms with Crippen molar-refractivity contribution in [2.24, 2.45) is 0 Å². The fraction of sp³-hybridized carbons (Fsp3) is 0.136. The first-order valence-electron chi connectivity index (χ1n) is 8.94. The number of thiazole rings is 1. The summed E-state index contributed by atoms with van der Waals surface area (Å²) in [6.07, 6.45) is 4.68. The van der Waals surface area contributed by atoms with Gasteiger partial charge in [0.2, 0.25) is 0 Å². The van der Waals surface area contributed by atoms with Crippen LogP contribution in [0.5, 0.6) is 5.75 Å². The monoisotopic (exact) mass is 391 g/mol. The molecule has 4 rings (SSSR count). The van der Waals surface area contributed by atoms with Gasteiger partial charge in [-0.1, -0.05) is 25.5 Å². The number of hydrogen-bond acceptors (Lipinski definition) is 6. The van der Waals surface area contributed by atoms with Crippen LogP contribution in [-0.2, 0) is 11.2 Å². The fourth-order valence-electron chi connectivity index (χ4n) is 3.00. The number of carbonyl (C=O) groups is 1. The second-order valence-electron chi connectivity index (χ2n) is 6.27. The van der Waals surface area contributed by atoms with Crippen molar-refractivity contribution in [3.05, 3.63) is 75.6 Å². The van der Waals surface area contributed by atoms with E-state index < -0.39 is 11.6 Å². The summed E-state index contributed by atoms with van der Waals surface area (Å²) >= 11 is 1.50. The lowest BCUT2D eigenvalue weighted by Gasteiger charge is -2.06. The van der Waals surface area contributed by atoms with Crippen LogP contribution in [0, 0.1) is 0 Å². The highest BCUT2D eigenvalue weighted by Crippen LogP contribution is 2.24. The van der Waals surface area contributed by atoms with Gasteiger partial charge in [0, 0.05) is 23.6 Å². The van der Waals surface area contributed by atoms with Gasteiger partial charge in [-0.2, -0.15) is 0 Å². The smallest absolute Gasteiger partial charge is 0.336 e. The minimum atomic E-state index is -0.523. The first kappa shape index (κ1) is 18.1. The van der Waals surface area contributed by atoms with Gasteiger partial charge in [0.15, 0.2) is 0 Å². The molecule has 0 aliphatic rings. The third-order valence-corrected chi connectivity index (χ3v) is 5.21. The molecule has 0 unspecified atom stereocenters. The van der Waals surface area contributed by atoms with E-state index in [1.807, 2.05) is 37.3 Å². The molecule has 0 fully saturated rings. The summed E-state index contributed by atoms with van der Waals surface area (Å²) in [5, 5.41) is 1.58. The second kappa shape index (κ2) is 7.78. The maximum atomic E-state index is 12.1. The van der Waals surface area contributed by atoms with Gasteiger partial charge in [0.25, 0.3) is 0 Å². The zero-order chi connectivity index (χ0) is 19.5. The van der Waals surface area contributed by atoms with Crippen molar-refractivity contribution in [3.63, 3.8) is 0 Å². The number of aryl methyl sites for hydroxylation is 1. The van der Waals surface area contributed by atoms with Gasteiger partial charge in [-0.25, -0.2) is 14.6 Å². The number of ether oxygens (including phenoxy) is 1. The molecular formula is C22H17NO4S. The molecular weight excluding hydrogens is 374 g/mol. The van der Waals surface area contributed by atoms with Gasteiger partial charge >= 0.3 is 11.6 Å². The van der Waals surface area contributed by atoms with Crippen molar-refractivity contribution >= 4 is 44.6 Å². The molecule has 0 atom stereocenters. The zero-order valence-electron chi connectivity index (χ0n) is 15.2. The Morgan fingerprint density at radius 1 is 1.21 bits per heavy atom. The van der Waals surface area contributed by atoms with Crippen molar-refractivity contribution in [1.82, 2.24) is 4.98 Å². The topological polar surface area (TPSA) is 69.4 Å². The molecule has 140 valence electrons. The van der Waals surface area contributed by atoms with E-state index in [9.17, 15) is 9.59 Å². The number of carbonyl (C=O) groups excluding carboxylic acids is 1. The maximum absolute atomic E-state index is 12.1. The normalized spacial score (nSPS) is 11.5. The Hall–Kier alpha value is -3.25. The molecule has 2 aromatic heterocycles. The fourth-order valence-corrected chi connectivity index (χ4v) is 3.87. The van der Waals surface area contributed by atoms with Crippen molar-refractivity contribution in [2.45, 2.75) is 19.8 Å². The molecule has 0 aliphatic heterocycles. The lowest BCUT2D eigenvalue weighted by atomic mass is 10.1. The Morgan fingerprint density at radius 3 is 2.89 bits per heavy atom. The summed E-state index contributed by atoms with van der Waals surface area (Å²) < 4.78 is 11.7. The van der Waals surface area contributed by atoms with Crippen molar-refractivity contribution in [3.8, 4) is 5.75 Å². The van der Waals surface area contributed by atoms with E-state index in [0.717, 1.165) is 39.0 Å². The van der Waals surface area contributed by atoms with E-state index in [1.165, 1.54) is 23.5 Å². The number of fused-ring (bicyclic) bond motifs is 2. The number of nitrogens with zero attached hydrogens (tertiary/aromatic N) is 1. The van der Waals surface area contributed by atoms with Crippen LogP contribution in [0.1, 0.15) is 23.9 Å². The summed E-state index contributed by atoms with van der Waals surface area (Å²) in [5.74, 6) is -0.200. The highest BCUT2D eigenvalue weighted by atomic mass is 32.1. The summed E-state index contributed by atoms with van der Waals surface area (Å²) in [5.41, 5.74) is 1.84. The molecule has 0 saturated heterocycles. The predicted octanol–water partition coefficient (Wildman–Crippen LogP) is 4.97. The maximum Gasteiger partial charge on any atom is 0.336 e. The molecule has 4 aromatic rings. The summed E-state index contributed by atoms with van der Waals surface area (Å²) in [6.45, 7) is 2.05. The van der Waals surface area contributed by atoms with E-state index in [0.29, 0.717) is 11.3 Å². The number of esters is 1. The molecule has 0 amide bonds. The van der Waals surface area contributed by atoms with E-state index in [-0.39, 0.29) is 0 Å². The lowest BCUT2D eigenvalue weighted by Crippen LogP contribution is -2.04. The number of benzene rings is 2. The number of hydrogen-bond donors (Lipinski definition) is 0. The lowest BCUT2D eigenvalue weighted by molar-refractivity contribution is -0.128. The van der Waals surface area contributed by atoms with Gasteiger partial charge in [-0.05, 0) is 42.3 Å². The molecule has 0 spiro atoms. The Labute approximate surface area is 164 Å². The van der Waals surface area contributed by atoms with E-state index >= 15 is 0 Å². The summed E-state index contributed by atoms with van der Waals surface area (Å²) in [6, 6.07) is 14.4. The Morgan fingerprint density at radius 2 is 2.07 bits per heavy atom. The Kier molecular flexibility index (Phi) is 5.04. The molecule has 0 radical (unpaired) electrons. The molecule has 2 aromatic carbocycles. The Balaban J connectivity index is 1.53. The summed E-state index contributed by atoms with van der Waals surface area (Å²) in [4.78, 5) is 28.3. The van der Waals surface area contributed by atoms with Crippen LogP contribution < -0.4 is 10.4 Å². The predicted molar refractivity (Wildman–Crippen MR) is 111 cm³/mol. The van der Waals surface area contributed by atoms with E-state index in [4.69, 9.17) is 9.15 Å². The van der Waals surface area contributed by atoms with Gasteiger partial charge in [0.1, 0.15) is 16.3 Å². The first-order chi connectivity index (χ1) is 13.6. The zero-order valence-corrected chi connectivity index (χ0v) is 16.0. The molecule has 0 bridgehead atoms. The number of para-hydroxylation sites is 1. The van der Waals surface area contributed by atoms with Crippen LogP contribution in [0.3, 0.4) is 0 Å². The van der Waals surface area contributed by atoms with Crippen LogP contribution in [0.2, 0.25) is 0 Å². The molecule has 0 aliphatic carbocycles. The van der Waals surface area contributed by atoms with Crippen LogP contribution >= 0.6 is 11.3 Å². The van der Waals surface area contributed by atoms with Crippen molar-refractivity contribution in [1.29, 1.82) is 0 Å². The first-order valence-corrected chi connectivity index (χ1v) is 9.76. The quantitative estimate of drug-likeness (QED) is 0.208. The highest BCUT2D eigenvalue weighted by molar-refractivity contribution is 7.19. The third-order valence-electron chi connectivity index (χ3n) is 4.21. The molecule has 6 heteroatoms. The van der Waals surface area contributed by atoms with Crippen molar-refractivity contribution < 1.29 is 13.9 Å². The SMILES string of the molecule is CCCc1cc(=O)oc2cc(OC(=O)/C=C/c3nc4ccccc4s3)ccc12. The standard InChI is InChI=1S/C22H17NO4S/c1-2-5-14-12-22(25)27-18-13-15(8-9-16(14)18)26-21(24)11-10-20-23-17-6-3-4-7-19(17)28-20/h3-4,6-13H,2,5H2,1H3/b11-10+. The van der Waals surface area contributed by atoms with Crippen LogP contribution in [0.4, 0.5) is 0 Å². The Bertz CT molecular complexity index is 1220. The molecule has 2 heterocycles. The molecule has 0 N–H and O–H groups in total. The minimum Gasteiger partial charge on any atom is -0.423 e. The molecule has 0 saturated carbocycles. The van der Waals surface area contributed by atoms with Gasteiger partial charge in [0.05, 0.1) is 10.2 Å². The van der Waals surface area contributed by atoms with E-state index in [1.54, 1.807) is 18.2 Å². The number of aromatic nitrogens is 1. The van der Waals surface area contributed by atoms with Gasteiger partial charge < -0.3 is 9.15 Å². The highest BCUT2D eigenvalue weighted by Gasteiger charge is 2.09. The average molecular weight is 391 g/mol. The van der Waals surface area contributed by atoms with Crippen LogP contribution in [-0.4, -0.2) is 11.0 Å². The average Bonchev–Trinajstić information content (AvgIpc) is 3.09. The molecule has 5 nitrogen and oxygen atoms in total. The number of rotatable bonds is 5. The largest absolute Gasteiger partial charge is 0.423 e. The van der Waals surface area contributed by atoms with Gasteiger partial charge in [-0.3, -0.25) is 0 Å². The second-order valence-corrected chi connectivity index (χ2v) is 7.34. The van der Waals surface area contributed by atoms with E-state index in [2.05, 4.69) is 4.98 Å².